The van der Waals surface area contributed by atoms with Gasteiger partial charge in [-0.3, -0.25) is 15.2 Å². The quantitative estimate of drug-likeness (QED) is 0.0578. The number of nitrogens with one attached hydrogen (secondary N) is 4. The minimum atomic E-state index is -5.08. The number of halogens is 7. The predicted octanol–water partition coefficient (Wildman–Crippen LogP) is 4.91. The molecule has 1 aromatic heterocycles. The first-order valence-electron chi connectivity index (χ1n) is 15.9. The maximum absolute atomic E-state index is 16.2. The summed E-state index contributed by atoms with van der Waals surface area (Å²) >= 11 is 0. The van der Waals surface area contributed by atoms with E-state index in [9.17, 15) is 35.9 Å². The molecule has 0 radical (unpaired) electrons. The number of rotatable bonds is 12. The molecule has 56 heavy (non-hydrogen) atoms. The molecule has 22 heteroatoms. The number of likely N-dealkylation sites (N-methyl/N-ethyl adjacent to an activating group) is 1. The summed E-state index contributed by atoms with van der Waals surface area (Å²) in [5.74, 6) is -6.25. The van der Waals surface area contributed by atoms with Crippen molar-refractivity contribution >= 4 is 35.1 Å². The maximum Gasteiger partial charge on any atom is 0.490 e. The monoisotopic (exact) mass is 802 g/mol. The Bertz CT molecular complexity index is 2020. The van der Waals surface area contributed by atoms with Crippen LogP contribution in [0.2, 0.25) is 0 Å². The number of hydrogen-bond donors (Lipinski definition) is 7. The van der Waals surface area contributed by atoms with Gasteiger partial charge in [0.2, 0.25) is 5.91 Å². The van der Waals surface area contributed by atoms with Gasteiger partial charge >= 0.3 is 30.0 Å². The van der Waals surface area contributed by atoms with E-state index in [-0.39, 0.29) is 35.5 Å². The number of carboxylic acids is 2. The van der Waals surface area contributed by atoms with Crippen molar-refractivity contribution < 1.29 is 60.1 Å². The van der Waals surface area contributed by atoms with Crippen LogP contribution in [0.25, 0.3) is 5.69 Å². The van der Waals surface area contributed by atoms with Crippen molar-refractivity contribution in [2.24, 2.45) is 5.73 Å². The molecule has 0 saturated carbocycles. The van der Waals surface area contributed by atoms with Crippen molar-refractivity contribution in [3.8, 4) is 11.4 Å². The number of carbonyl (C=O) groups excluding carboxylic acids is 1. The van der Waals surface area contributed by atoms with E-state index in [0.717, 1.165) is 10.2 Å². The topological polar surface area (TPSA) is 229 Å². The molecular formula is C34H37F7N8O7. The van der Waals surface area contributed by atoms with Crippen molar-refractivity contribution in [2.75, 3.05) is 37.9 Å². The van der Waals surface area contributed by atoms with Crippen LogP contribution in [0.1, 0.15) is 42.4 Å². The molecular weight excluding hydrogens is 765 g/mol. The molecule has 1 atom stereocenters. The number of H-pyrrole nitrogens is 1. The summed E-state index contributed by atoms with van der Waals surface area (Å²) in [6, 6.07) is 16.0. The van der Waals surface area contributed by atoms with Crippen molar-refractivity contribution in [2.45, 2.75) is 38.7 Å². The summed E-state index contributed by atoms with van der Waals surface area (Å²) in [5, 5.41) is 32.5. The molecule has 0 aliphatic heterocycles. The van der Waals surface area contributed by atoms with E-state index in [0.29, 0.717) is 35.6 Å². The number of nitrogen functional groups attached to an aromatic ring is 1. The zero-order valence-corrected chi connectivity index (χ0v) is 30.0. The van der Waals surface area contributed by atoms with Crippen molar-refractivity contribution in [1.29, 1.82) is 5.41 Å². The lowest BCUT2D eigenvalue weighted by atomic mass is 10.00. The summed E-state index contributed by atoms with van der Waals surface area (Å²) in [6.45, 7) is 4.21. The molecule has 0 aliphatic rings. The van der Waals surface area contributed by atoms with Gasteiger partial charge in [-0.2, -0.15) is 31.0 Å². The number of amides is 1. The van der Waals surface area contributed by atoms with Crippen LogP contribution in [0.4, 0.5) is 42.1 Å². The largest absolute Gasteiger partial charge is 0.490 e. The van der Waals surface area contributed by atoms with Crippen LogP contribution in [-0.2, 0) is 20.8 Å². The average molecular weight is 803 g/mol. The Balaban J connectivity index is 0.000000657. The van der Waals surface area contributed by atoms with E-state index in [1.54, 1.807) is 60.7 Å². The summed E-state index contributed by atoms with van der Waals surface area (Å²) in [4.78, 5) is 47.5. The Morgan fingerprint density at radius 1 is 1.00 bits per heavy atom. The SMILES string of the molecule is CCc1cc(OCCN(C)C)c(F)c(C(Nc2ccc(C(=N)N)cc2)c2nn(-c3ccccc3NC(C)=O)c(=O)[nH]2)c1.O=C(O)C(F)(F)F.O=C(O)C(F)(F)F. The number of alkyl halides is 6. The van der Waals surface area contributed by atoms with Crippen LogP contribution in [0.15, 0.2) is 65.5 Å². The molecule has 15 nitrogen and oxygen atoms in total. The Morgan fingerprint density at radius 2 is 1.55 bits per heavy atom. The Hall–Kier alpha value is -6.45. The Kier molecular flexibility index (Phi) is 16.1. The van der Waals surface area contributed by atoms with Gasteiger partial charge < -0.3 is 36.2 Å². The highest BCUT2D eigenvalue weighted by Gasteiger charge is 2.39. The number of benzene rings is 3. The van der Waals surface area contributed by atoms with Crippen LogP contribution in [-0.4, -0.2) is 93.2 Å². The zero-order chi connectivity index (χ0) is 42.5. The number of aromatic amines is 1. The third-order valence-electron chi connectivity index (χ3n) is 6.99. The summed E-state index contributed by atoms with van der Waals surface area (Å²) < 4.78 is 86.6. The highest BCUT2D eigenvalue weighted by Crippen LogP contribution is 2.33. The van der Waals surface area contributed by atoms with Crippen LogP contribution in [0.3, 0.4) is 0 Å². The van der Waals surface area contributed by atoms with Crippen molar-refractivity contribution in [3.63, 3.8) is 0 Å². The lowest BCUT2D eigenvalue weighted by Crippen LogP contribution is -2.21. The van der Waals surface area contributed by atoms with Gasteiger partial charge in [0.1, 0.15) is 18.5 Å². The first-order chi connectivity index (χ1) is 26.0. The molecule has 4 rings (SSSR count). The second kappa shape index (κ2) is 19.8. The van der Waals surface area contributed by atoms with Crippen molar-refractivity contribution in [1.82, 2.24) is 19.7 Å². The smallest absolute Gasteiger partial charge is 0.489 e. The number of carbonyl (C=O) groups is 3. The maximum atomic E-state index is 16.2. The molecule has 4 aromatic rings. The number of amidine groups is 1. The molecule has 1 amide bonds. The molecule has 0 saturated heterocycles. The molecule has 1 unspecified atom stereocenters. The molecule has 304 valence electrons. The minimum Gasteiger partial charge on any atom is -0.489 e. The minimum absolute atomic E-state index is 0.0831. The summed E-state index contributed by atoms with van der Waals surface area (Å²) in [5.41, 5.74) is 7.94. The van der Waals surface area contributed by atoms with Gasteiger partial charge in [-0.15, -0.1) is 5.10 Å². The number of aryl methyl sites for hydroxylation is 1. The Morgan fingerprint density at radius 3 is 2.04 bits per heavy atom. The third-order valence-corrected chi connectivity index (χ3v) is 6.99. The van der Waals surface area contributed by atoms with E-state index in [1.165, 1.54) is 6.92 Å². The number of aromatic nitrogens is 3. The fourth-order valence-electron chi connectivity index (χ4n) is 4.33. The molecule has 1 heterocycles. The van der Waals surface area contributed by atoms with E-state index >= 15 is 4.39 Å². The highest BCUT2D eigenvalue weighted by atomic mass is 19.4. The lowest BCUT2D eigenvalue weighted by Gasteiger charge is -2.22. The van der Waals surface area contributed by atoms with E-state index in [2.05, 4.69) is 20.7 Å². The van der Waals surface area contributed by atoms with Crippen LogP contribution in [0.5, 0.6) is 5.75 Å². The van der Waals surface area contributed by atoms with Gasteiger partial charge in [-0.1, -0.05) is 25.1 Å². The second-order valence-electron chi connectivity index (χ2n) is 11.6. The van der Waals surface area contributed by atoms with E-state index < -0.39 is 41.8 Å². The number of anilines is 2. The van der Waals surface area contributed by atoms with E-state index in [1.807, 2.05) is 25.9 Å². The molecule has 0 spiro atoms. The van der Waals surface area contributed by atoms with Crippen LogP contribution >= 0.6 is 0 Å². The van der Waals surface area contributed by atoms with Crippen molar-refractivity contribution in [3.05, 3.63) is 99.5 Å². The molecule has 8 N–H and O–H groups in total. The Labute approximate surface area is 313 Å². The number of ether oxygens (including phenoxy) is 1. The number of para-hydroxylation sites is 2. The molecule has 0 aliphatic carbocycles. The second-order valence-corrected chi connectivity index (χ2v) is 11.6. The number of carboxylic acid groups (broad SMARTS) is 2. The van der Waals surface area contributed by atoms with Crippen LogP contribution in [0, 0.1) is 11.2 Å². The molecule has 0 bridgehead atoms. The van der Waals surface area contributed by atoms with Gasteiger partial charge in [0.05, 0.1) is 11.4 Å². The lowest BCUT2D eigenvalue weighted by molar-refractivity contribution is -0.193. The van der Waals surface area contributed by atoms with Gasteiger partial charge in [0.25, 0.3) is 0 Å². The fourth-order valence-corrected chi connectivity index (χ4v) is 4.33. The van der Waals surface area contributed by atoms with E-state index in [4.69, 9.17) is 35.7 Å². The molecule has 3 aromatic carbocycles. The van der Waals surface area contributed by atoms with Gasteiger partial charge in [-0.25, -0.2) is 18.8 Å². The first kappa shape index (κ1) is 45.7. The number of nitrogens with zero attached hydrogens (tertiary/aromatic N) is 3. The van der Waals surface area contributed by atoms with Gasteiger partial charge in [-0.05, 0) is 68.5 Å². The highest BCUT2D eigenvalue weighted by molar-refractivity contribution is 5.95. The van der Waals surface area contributed by atoms with Gasteiger partial charge in [0, 0.05) is 30.3 Å². The summed E-state index contributed by atoms with van der Waals surface area (Å²) in [6.07, 6.45) is -9.55. The zero-order valence-electron chi connectivity index (χ0n) is 30.0. The first-order valence-corrected chi connectivity index (χ1v) is 15.9. The molecule has 0 fully saturated rings. The van der Waals surface area contributed by atoms with Gasteiger partial charge in [0.15, 0.2) is 17.4 Å². The number of aliphatic carboxylic acids is 2. The standard InChI is InChI=1S/C30H35FN8O3.2C2HF3O2/c1-5-19-16-22(26(31)25(17-19)42-15-14-38(3)4)27(35-21-12-10-20(11-13-21)28(32)33)29-36-30(41)39(37-29)24-9-7-6-8-23(24)34-18(2)40;2*3-2(4,5)1(6)7/h6-13,16-17,27,35H,5,14-15H2,1-4H3,(H3,32,33)(H,34,40)(H,36,37,41);2*(H,6,7). The normalized spacial score (nSPS) is 11.6. The number of hydrogen-bond acceptors (Lipinski definition) is 9. The average Bonchev–Trinajstić information content (AvgIpc) is 3.48. The predicted molar refractivity (Wildman–Crippen MR) is 189 cm³/mol. The fraction of sp³-hybridized carbons (Fsp3) is 0.294. The summed E-state index contributed by atoms with van der Waals surface area (Å²) in [7, 11) is 3.81. The van der Waals surface area contributed by atoms with Crippen LogP contribution < -0.4 is 26.8 Å². The third kappa shape index (κ3) is 13.8. The number of nitrogens with two attached hydrogens (primary N) is 1.